The Morgan fingerprint density at radius 2 is 2.09 bits per heavy atom. The van der Waals surface area contributed by atoms with E-state index in [1.165, 1.54) is 0 Å². The molecule has 3 rings (SSSR count). The van der Waals surface area contributed by atoms with E-state index >= 15 is 0 Å². The number of carbonyl (C=O) groups excluding carboxylic acids is 1. The lowest BCUT2D eigenvalue weighted by atomic mass is 10.1. The van der Waals surface area contributed by atoms with Gasteiger partial charge in [-0.2, -0.15) is 5.10 Å². The zero-order valence-corrected chi connectivity index (χ0v) is 13.1. The molecule has 1 N–H and O–H groups in total. The van der Waals surface area contributed by atoms with Gasteiger partial charge in [-0.15, -0.1) is 0 Å². The molecule has 6 heteroatoms. The van der Waals surface area contributed by atoms with E-state index in [2.05, 4.69) is 10.2 Å². The van der Waals surface area contributed by atoms with E-state index in [0.717, 1.165) is 18.5 Å². The van der Waals surface area contributed by atoms with Crippen LogP contribution in [0.5, 0.6) is 5.75 Å². The van der Waals surface area contributed by atoms with Gasteiger partial charge in [-0.1, -0.05) is 23.7 Å². The Kier molecular flexibility index (Phi) is 4.34. The summed E-state index contributed by atoms with van der Waals surface area (Å²) in [5, 5.41) is 7.33. The Morgan fingerprint density at radius 1 is 1.36 bits per heavy atom. The van der Waals surface area contributed by atoms with Crippen molar-refractivity contribution in [2.75, 3.05) is 13.1 Å². The number of nitrogens with one attached hydrogen (secondary N) is 1. The number of hydrogen-bond acceptors (Lipinski definition) is 3. The van der Waals surface area contributed by atoms with Gasteiger partial charge in [0.05, 0.1) is 16.8 Å². The number of benzene rings is 1. The number of rotatable bonds is 3. The number of aryl methyl sites for hydroxylation is 1. The second-order valence-electron chi connectivity index (χ2n) is 5.45. The summed E-state index contributed by atoms with van der Waals surface area (Å²) in [6, 6.07) is 7.47. The summed E-state index contributed by atoms with van der Waals surface area (Å²) in [6.45, 7) is 3.21. The number of nitrogens with zero attached hydrogens (tertiary/aromatic N) is 2. The third-order valence-corrected chi connectivity index (χ3v) is 4.23. The molecule has 1 saturated heterocycles. The monoisotopic (exact) mass is 319 g/mol. The highest BCUT2D eigenvalue weighted by Crippen LogP contribution is 2.27. The van der Waals surface area contributed by atoms with Gasteiger partial charge in [-0.05, 0) is 19.1 Å². The minimum Gasteiger partial charge on any atom is -0.489 e. The average molecular weight is 320 g/mol. The molecule has 0 saturated carbocycles. The van der Waals surface area contributed by atoms with Gasteiger partial charge in [0, 0.05) is 31.6 Å². The first-order chi connectivity index (χ1) is 10.6. The molecule has 0 atom stereocenters. The molecule has 0 radical (unpaired) electrons. The van der Waals surface area contributed by atoms with Gasteiger partial charge in [-0.3, -0.25) is 9.89 Å². The molecule has 116 valence electrons. The number of aromatic nitrogens is 2. The second kappa shape index (κ2) is 6.40. The molecule has 0 unspecified atom stereocenters. The van der Waals surface area contributed by atoms with Crippen LogP contribution < -0.4 is 4.74 Å². The Balaban J connectivity index is 1.58. The second-order valence-corrected chi connectivity index (χ2v) is 5.86. The van der Waals surface area contributed by atoms with Crippen molar-refractivity contribution < 1.29 is 9.53 Å². The van der Waals surface area contributed by atoms with Gasteiger partial charge < -0.3 is 9.64 Å². The molecule has 1 aromatic heterocycles. The minimum atomic E-state index is 0.0300. The van der Waals surface area contributed by atoms with E-state index in [1.54, 1.807) is 6.20 Å². The fourth-order valence-corrected chi connectivity index (χ4v) is 2.81. The number of para-hydroxylation sites is 1. The van der Waals surface area contributed by atoms with Crippen LogP contribution in [0.25, 0.3) is 0 Å². The first-order valence-electron chi connectivity index (χ1n) is 7.35. The Bertz CT molecular complexity index is 663. The number of amides is 1. The van der Waals surface area contributed by atoms with Gasteiger partial charge in [0.1, 0.15) is 11.9 Å². The molecule has 22 heavy (non-hydrogen) atoms. The highest BCUT2D eigenvalue weighted by atomic mass is 35.5. The first kappa shape index (κ1) is 14.9. The van der Waals surface area contributed by atoms with E-state index in [4.69, 9.17) is 16.3 Å². The van der Waals surface area contributed by atoms with Crippen LogP contribution in [-0.2, 0) is 0 Å². The van der Waals surface area contributed by atoms with Crippen LogP contribution in [0.1, 0.15) is 28.9 Å². The largest absolute Gasteiger partial charge is 0.489 e. The minimum absolute atomic E-state index is 0.0300. The summed E-state index contributed by atoms with van der Waals surface area (Å²) >= 11 is 6.11. The number of piperidine rings is 1. The van der Waals surface area contributed by atoms with Gasteiger partial charge in [0.25, 0.3) is 5.91 Å². The van der Waals surface area contributed by atoms with E-state index in [1.807, 2.05) is 36.1 Å². The van der Waals surface area contributed by atoms with E-state index in [0.29, 0.717) is 29.4 Å². The van der Waals surface area contributed by atoms with Crippen molar-refractivity contribution in [2.24, 2.45) is 0 Å². The lowest BCUT2D eigenvalue weighted by Crippen LogP contribution is -2.41. The van der Waals surface area contributed by atoms with Gasteiger partial charge in [0.15, 0.2) is 0 Å². The number of carbonyl (C=O) groups is 1. The first-order valence-corrected chi connectivity index (χ1v) is 7.73. The number of ether oxygens (including phenoxy) is 1. The van der Waals surface area contributed by atoms with Crippen molar-refractivity contribution in [1.29, 1.82) is 0 Å². The summed E-state index contributed by atoms with van der Waals surface area (Å²) < 4.78 is 5.94. The van der Waals surface area contributed by atoms with Crippen LogP contribution in [0.4, 0.5) is 0 Å². The standard InChI is InChI=1S/C16H18ClN3O2/c1-11-13(10-18-19-11)16(21)20-8-6-12(7-9-20)22-15-5-3-2-4-14(15)17/h2-5,10,12H,6-9H2,1H3,(H,18,19). The smallest absolute Gasteiger partial charge is 0.257 e. The molecule has 0 spiro atoms. The quantitative estimate of drug-likeness (QED) is 0.946. The number of likely N-dealkylation sites (tertiary alicyclic amines) is 1. The molecule has 1 aliphatic heterocycles. The normalized spacial score (nSPS) is 15.8. The highest BCUT2D eigenvalue weighted by Gasteiger charge is 2.26. The zero-order chi connectivity index (χ0) is 15.5. The average Bonchev–Trinajstić information content (AvgIpc) is 2.96. The summed E-state index contributed by atoms with van der Waals surface area (Å²) in [7, 11) is 0. The summed E-state index contributed by atoms with van der Waals surface area (Å²) in [6.07, 6.45) is 3.28. The van der Waals surface area contributed by atoms with Crippen LogP contribution in [0.3, 0.4) is 0 Å². The molecule has 5 nitrogen and oxygen atoms in total. The molecular formula is C16H18ClN3O2. The zero-order valence-electron chi connectivity index (χ0n) is 12.4. The molecular weight excluding hydrogens is 302 g/mol. The summed E-state index contributed by atoms with van der Waals surface area (Å²) in [5.74, 6) is 0.738. The third kappa shape index (κ3) is 3.09. The van der Waals surface area contributed by atoms with Crippen LogP contribution in [-0.4, -0.2) is 40.2 Å². The third-order valence-electron chi connectivity index (χ3n) is 3.92. The van der Waals surface area contributed by atoms with Crippen molar-refractivity contribution in [3.8, 4) is 5.75 Å². The van der Waals surface area contributed by atoms with Gasteiger partial charge in [-0.25, -0.2) is 0 Å². The van der Waals surface area contributed by atoms with Crippen molar-refractivity contribution >= 4 is 17.5 Å². The van der Waals surface area contributed by atoms with E-state index in [9.17, 15) is 4.79 Å². The molecule has 0 aliphatic carbocycles. The SMILES string of the molecule is Cc1[nH]ncc1C(=O)N1CCC(Oc2ccccc2Cl)CC1. The number of H-pyrrole nitrogens is 1. The number of hydrogen-bond donors (Lipinski definition) is 1. The lowest BCUT2D eigenvalue weighted by Gasteiger charge is -2.32. The molecule has 1 fully saturated rings. The van der Waals surface area contributed by atoms with Crippen LogP contribution in [0, 0.1) is 6.92 Å². The highest BCUT2D eigenvalue weighted by molar-refractivity contribution is 6.32. The molecule has 1 aliphatic rings. The van der Waals surface area contributed by atoms with Gasteiger partial charge in [0.2, 0.25) is 0 Å². The maximum atomic E-state index is 12.4. The molecule has 1 amide bonds. The van der Waals surface area contributed by atoms with Crippen molar-refractivity contribution in [2.45, 2.75) is 25.9 Å². The Morgan fingerprint density at radius 3 is 2.73 bits per heavy atom. The Labute approximate surface area is 134 Å². The van der Waals surface area contributed by atoms with E-state index < -0.39 is 0 Å². The Hall–Kier alpha value is -2.01. The van der Waals surface area contributed by atoms with Crippen LogP contribution >= 0.6 is 11.6 Å². The molecule has 2 heterocycles. The number of aromatic amines is 1. The topological polar surface area (TPSA) is 58.2 Å². The van der Waals surface area contributed by atoms with Crippen LogP contribution in [0.15, 0.2) is 30.5 Å². The maximum Gasteiger partial charge on any atom is 0.257 e. The molecule has 2 aromatic rings. The van der Waals surface area contributed by atoms with Crippen molar-refractivity contribution in [1.82, 2.24) is 15.1 Å². The van der Waals surface area contributed by atoms with Gasteiger partial charge >= 0.3 is 0 Å². The summed E-state index contributed by atoms with van der Waals surface area (Å²) in [5.41, 5.74) is 1.45. The summed E-state index contributed by atoms with van der Waals surface area (Å²) in [4.78, 5) is 14.3. The molecule has 0 bridgehead atoms. The number of halogens is 1. The predicted molar refractivity (Wildman–Crippen MR) is 84.3 cm³/mol. The van der Waals surface area contributed by atoms with Crippen molar-refractivity contribution in [3.63, 3.8) is 0 Å². The lowest BCUT2D eigenvalue weighted by molar-refractivity contribution is 0.0595. The maximum absolute atomic E-state index is 12.4. The van der Waals surface area contributed by atoms with E-state index in [-0.39, 0.29) is 12.0 Å². The predicted octanol–water partition coefficient (Wildman–Crippen LogP) is 3.06. The van der Waals surface area contributed by atoms with Crippen LogP contribution in [0.2, 0.25) is 5.02 Å². The fourth-order valence-electron chi connectivity index (χ4n) is 2.63. The van der Waals surface area contributed by atoms with Crippen molar-refractivity contribution in [3.05, 3.63) is 46.7 Å². The molecule has 1 aromatic carbocycles. The fraction of sp³-hybridized carbons (Fsp3) is 0.375.